The third-order valence-corrected chi connectivity index (χ3v) is 2.34. The normalized spacial score (nSPS) is 12.9. The largest absolute Gasteiger partial charge is 0.507 e. The number of rotatable bonds is 3. The molecule has 0 aliphatic carbocycles. The highest BCUT2D eigenvalue weighted by molar-refractivity contribution is 5.42. The lowest BCUT2D eigenvalue weighted by Crippen LogP contribution is -2.07. The van der Waals surface area contributed by atoms with Crippen LogP contribution in [-0.4, -0.2) is 16.8 Å². The molecule has 0 radical (unpaired) electrons. The molecule has 1 unspecified atom stereocenters. The molecule has 0 aromatic heterocycles. The first kappa shape index (κ1) is 11.0. The number of hydrogen-bond acceptors (Lipinski definition) is 3. The summed E-state index contributed by atoms with van der Waals surface area (Å²) in [4.78, 5) is 0. The van der Waals surface area contributed by atoms with Crippen molar-refractivity contribution in [2.24, 2.45) is 5.73 Å². The molecular weight excluding hydrogens is 178 g/mol. The van der Waals surface area contributed by atoms with E-state index in [0.717, 1.165) is 16.7 Å². The van der Waals surface area contributed by atoms with Gasteiger partial charge < -0.3 is 15.9 Å². The third-order valence-electron chi connectivity index (χ3n) is 2.34. The summed E-state index contributed by atoms with van der Waals surface area (Å²) in [6.45, 7) is 4.10. The molecule has 3 nitrogen and oxygen atoms in total. The lowest BCUT2D eigenvalue weighted by atomic mass is 10.0. The first-order chi connectivity index (χ1) is 6.56. The van der Waals surface area contributed by atoms with E-state index in [1.165, 1.54) is 0 Å². The number of hydrogen-bond donors (Lipinski definition) is 3. The second-order valence-corrected chi connectivity index (χ2v) is 3.60. The van der Waals surface area contributed by atoms with E-state index in [-0.39, 0.29) is 0 Å². The molecule has 1 rings (SSSR count). The number of aliphatic hydroxyl groups is 1. The second-order valence-electron chi connectivity index (χ2n) is 3.60. The van der Waals surface area contributed by atoms with Gasteiger partial charge in [-0.15, -0.1) is 0 Å². The Kier molecular flexibility index (Phi) is 3.49. The van der Waals surface area contributed by atoms with Crippen LogP contribution in [0.1, 0.15) is 29.2 Å². The maximum absolute atomic E-state index is 9.70. The number of aromatic hydroxyl groups is 1. The van der Waals surface area contributed by atoms with Crippen LogP contribution in [0.25, 0.3) is 0 Å². The van der Waals surface area contributed by atoms with E-state index in [2.05, 4.69) is 0 Å². The van der Waals surface area contributed by atoms with Gasteiger partial charge >= 0.3 is 0 Å². The third kappa shape index (κ3) is 2.25. The van der Waals surface area contributed by atoms with Crippen LogP contribution in [0.5, 0.6) is 5.75 Å². The van der Waals surface area contributed by atoms with Gasteiger partial charge in [0.05, 0.1) is 6.10 Å². The van der Waals surface area contributed by atoms with Crippen LogP contribution in [0.4, 0.5) is 0 Å². The van der Waals surface area contributed by atoms with Crippen molar-refractivity contribution in [3.05, 3.63) is 28.8 Å². The van der Waals surface area contributed by atoms with E-state index < -0.39 is 6.10 Å². The van der Waals surface area contributed by atoms with Crippen molar-refractivity contribution in [2.45, 2.75) is 26.4 Å². The molecule has 0 aliphatic heterocycles. The Balaban J connectivity index is 3.00. The fraction of sp³-hybridized carbons (Fsp3) is 0.455. The summed E-state index contributed by atoms with van der Waals surface area (Å²) in [7, 11) is 0. The Bertz CT molecular complexity index is 300. The Morgan fingerprint density at radius 2 is 1.79 bits per heavy atom. The SMILES string of the molecule is Cc1cc(C(O)CCN)cc(C)c1O. The molecule has 0 amide bonds. The van der Waals surface area contributed by atoms with Gasteiger partial charge in [0.25, 0.3) is 0 Å². The first-order valence-corrected chi connectivity index (χ1v) is 4.74. The summed E-state index contributed by atoms with van der Waals surface area (Å²) in [5, 5.41) is 19.2. The first-order valence-electron chi connectivity index (χ1n) is 4.74. The molecule has 4 N–H and O–H groups in total. The van der Waals surface area contributed by atoms with Gasteiger partial charge in [-0.1, -0.05) is 0 Å². The van der Waals surface area contributed by atoms with E-state index in [9.17, 15) is 10.2 Å². The van der Waals surface area contributed by atoms with Crippen molar-refractivity contribution in [1.82, 2.24) is 0 Å². The molecule has 0 fully saturated rings. The summed E-state index contributed by atoms with van der Waals surface area (Å²) < 4.78 is 0. The number of benzene rings is 1. The lowest BCUT2D eigenvalue weighted by molar-refractivity contribution is 0.170. The number of phenols is 1. The molecule has 0 bridgehead atoms. The monoisotopic (exact) mass is 195 g/mol. The molecule has 0 spiro atoms. The van der Waals surface area contributed by atoms with Crippen LogP contribution in [0.3, 0.4) is 0 Å². The average Bonchev–Trinajstić information content (AvgIpc) is 2.13. The van der Waals surface area contributed by atoms with Gasteiger partial charge in [0.1, 0.15) is 5.75 Å². The summed E-state index contributed by atoms with van der Waals surface area (Å²) in [5.74, 6) is 0.300. The fourth-order valence-electron chi connectivity index (χ4n) is 1.51. The maximum atomic E-state index is 9.70. The van der Waals surface area contributed by atoms with E-state index in [1.807, 2.05) is 13.8 Å². The smallest absolute Gasteiger partial charge is 0.121 e. The van der Waals surface area contributed by atoms with Crippen molar-refractivity contribution in [1.29, 1.82) is 0 Å². The van der Waals surface area contributed by atoms with E-state index in [0.29, 0.717) is 18.7 Å². The van der Waals surface area contributed by atoms with Gasteiger partial charge in [-0.3, -0.25) is 0 Å². The summed E-state index contributed by atoms with van der Waals surface area (Å²) in [6, 6.07) is 3.59. The van der Waals surface area contributed by atoms with Crippen molar-refractivity contribution >= 4 is 0 Å². The molecule has 1 atom stereocenters. The molecule has 0 heterocycles. The second kappa shape index (κ2) is 4.44. The van der Waals surface area contributed by atoms with Crippen LogP contribution in [0, 0.1) is 13.8 Å². The minimum atomic E-state index is -0.530. The highest BCUT2D eigenvalue weighted by atomic mass is 16.3. The van der Waals surface area contributed by atoms with Crippen LogP contribution in [0.2, 0.25) is 0 Å². The summed E-state index contributed by atoms with van der Waals surface area (Å²) >= 11 is 0. The average molecular weight is 195 g/mol. The number of aliphatic hydroxyl groups excluding tert-OH is 1. The number of nitrogens with two attached hydrogens (primary N) is 1. The van der Waals surface area contributed by atoms with Gasteiger partial charge in [0.15, 0.2) is 0 Å². The topological polar surface area (TPSA) is 66.5 Å². The number of aryl methyl sites for hydroxylation is 2. The minimum absolute atomic E-state index is 0.300. The predicted octanol–water partition coefficient (Wildman–Crippen LogP) is 1.39. The van der Waals surface area contributed by atoms with Crippen LogP contribution < -0.4 is 5.73 Å². The van der Waals surface area contributed by atoms with Crippen LogP contribution in [-0.2, 0) is 0 Å². The highest BCUT2D eigenvalue weighted by Gasteiger charge is 2.10. The summed E-state index contributed by atoms with van der Waals surface area (Å²) in [5.41, 5.74) is 7.76. The van der Waals surface area contributed by atoms with E-state index >= 15 is 0 Å². The zero-order valence-electron chi connectivity index (χ0n) is 8.62. The Morgan fingerprint density at radius 3 is 2.21 bits per heavy atom. The lowest BCUT2D eigenvalue weighted by Gasteiger charge is -2.12. The zero-order valence-corrected chi connectivity index (χ0v) is 8.62. The fourth-order valence-corrected chi connectivity index (χ4v) is 1.51. The van der Waals surface area contributed by atoms with E-state index in [4.69, 9.17) is 5.73 Å². The standard InChI is InChI=1S/C11H17NO2/c1-7-5-9(10(13)3-4-12)6-8(2)11(7)14/h5-6,10,13-14H,3-4,12H2,1-2H3. The zero-order chi connectivity index (χ0) is 10.7. The van der Waals surface area contributed by atoms with Gasteiger partial charge in [0, 0.05) is 0 Å². The van der Waals surface area contributed by atoms with E-state index in [1.54, 1.807) is 12.1 Å². The maximum Gasteiger partial charge on any atom is 0.121 e. The van der Waals surface area contributed by atoms with Crippen LogP contribution in [0.15, 0.2) is 12.1 Å². The molecule has 1 aromatic rings. The summed E-state index contributed by atoms with van der Waals surface area (Å²) in [6.07, 6.45) is 0.0157. The van der Waals surface area contributed by atoms with Crippen molar-refractivity contribution < 1.29 is 10.2 Å². The predicted molar refractivity (Wildman–Crippen MR) is 56.2 cm³/mol. The number of phenolic OH excluding ortho intramolecular Hbond substituents is 1. The van der Waals surface area contributed by atoms with Crippen molar-refractivity contribution in [3.8, 4) is 5.75 Å². The highest BCUT2D eigenvalue weighted by Crippen LogP contribution is 2.26. The van der Waals surface area contributed by atoms with Crippen molar-refractivity contribution in [2.75, 3.05) is 6.54 Å². The quantitative estimate of drug-likeness (QED) is 0.682. The van der Waals surface area contributed by atoms with Gasteiger partial charge in [-0.25, -0.2) is 0 Å². The minimum Gasteiger partial charge on any atom is -0.507 e. The Hall–Kier alpha value is -1.06. The van der Waals surface area contributed by atoms with Gasteiger partial charge in [-0.2, -0.15) is 0 Å². The Labute approximate surface area is 84.2 Å². The van der Waals surface area contributed by atoms with Gasteiger partial charge in [0.2, 0.25) is 0 Å². The van der Waals surface area contributed by atoms with Gasteiger partial charge in [-0.05, 0) is 55.6 Å². The molecule has 3 heteroatoms. The van der Waals surface area contributed by atoms with Crippen molar-refractivity contribution in [3.63, 3.8) is 0 Å². The molecule has 0 saturated carbocycles. The molecule has 0 saturated heterocycles. The molecule has 14 heavy (non-hydrogen) atoms. The molecule has 78 valence electrons. The molecule has 1 aromatic carbocycles. The molecular formula is C11H17NO2. The molecule has 0 aliphatic rings. The Morgan fingerprint density at radius 1 is 1.29 bits per heavy atom. The van der Waals surface area contributed by atoms with Crippen LogP contribution >= 0.6 is 0 Å².